The second-order valence-corrected chi connectivity index (χ2v) is 3.59. The average molecular weight is 202 g/mol. The van der Waals surface area contributed by atoms with Gasteiger partial charge < -0.3 is 4.72 Å². The highest BCUT2D eigenvalue weighted by Gasteiger charge is 1.98. The number of para-hydroxylation sites is 1. The lowest BCUT2D eigenvalue weighted by atomic mass is 10.3. The Morgan fingerprint density at radius 3 is 2.75 bits per heavy atom. The van der Waals surface area contributed by atoms with Crippen LogP contribution in [-0.2, 0) is 11.0 Å². The van der Waals surface area contributed by atoms with Gasteiger partial charge in [-0.3, -0.25) is 0 Å². The molecule has 1 atom stereocenters. The van der Waals surface area contributed by atoms with E-state index >= 15 is 0 Å². The van der Waals surface area contributed by atoms with E-state index in [1.165, 1.54) is 5.41 Å². The zero-order chi connectivity index (χ0) is 8.97. The molecular formula is C8H8ClNOS. The van der Waals surface area contributed by atoms with E-state index in [0.717, 1.165) is 0 Å². The molecule has 1 unspecified atom stereocenters. The van der Waals surface area contributed by atoms with Gasteiger partial charge in [-0.15, -0.1) is 0 Å². The SMILES string of the molecule is C=CS(=O)Nc1ccccc1Cl. The highest BCUT2D eigenvalue weighted by atomic mass is 35.5. The monoisotopic (exact) mass is 201 g/mol. The van der Waals surface area contributed by atoms with Crippen LogP contribution < -0.4 is 4.72 Å². The maximum atomic E-state index is 11.0. The largest absolute Gasteiger partial charge is 0.300 e. The van der Waals surface area contributed by atoms with Crippen molar-refractivity contribution in [1.29, 1.82) is 0 Å². The van der Waals surface area contributed by atoms with E-state index in [1.807, 2.05) is 12.1 Å². The molecule has 0 saturated heterocycles. The highest BCUT2D eigenvalue weighted by molar-refractivity contribution is 7.89. The number of nitrogens with one attached hydrogen (secondary N) is 1. The molecule has 0 aromatic heterocycles. The summed E-state index contributed by atoms with van der Waals surface area (Å²) in [7, 11) is -1.26. The van der Waals surface area contributed by atoms with Crippen molar-refractivity contribution < 1.29 is 4.21 Å². The molecule has 0 aliphatic carbocycles. The molecule has 1 aromatic rings. The molecular weight excluding hydrogens is 194 g/mol. The maximum Gasteiger partial charge on any atom is 0.142 e. The van der Waals surface area contributed by atoms with Crippen molar-refractivity contribution in [3.63, 3.8) is 0 Å². The molecule has 1 aromatic carbocycles. The van der Waals surface area contributed by atoms with Gasteiger partial charge in [-0.1, -0.05) is 30.3 Å². The fourth-order valence-electron chi connectivity index (χ4n) is 0.694. The Morgan fingerprint density at radius 1 is 1.50 bits per heavy atom. The predicted molar refractivity (Wildman–Crippen MR) is 53.4 cm³/mol. The average Bonchev–Trinajstić information content (AvgIpc) is 2.09. The molecule has 0 saturated carbocycles. The van der Waals surface area contributed by atoms with Crippen LogP contribution in [-0.4, -0.2) is 4.21 Å². The molecule has 0 fully saturated rings. The van der Waals surface area contributed by atoms with Crippen LogP contribution in [0.1, 0.15) is 0 Å². The van der Waals surface area contributed by atoms with E-state index in [9.17, 15) is 4.21 Å². The topological polar surface area (TPSA) is 29.1 Å². The van der Waals surface area contributed by atoms with Crippen molar-refractivity contribution >= 4 is 28.3 Å². The Hall–Kier alpha value is -0.800. The zero-order valence-corrected chi connectivity index (χ0v) is 7.86. The van der Waals surface area contributed by atoms with Gasteiger partial charge in [0.2, 0.25) is 0 Å². The predicted octanol–water partition coefficient (Wildman–Crippen LogP) is 2.56. The summed E-state index contributed by atoms with van der Waals surface area (Å²) in [5.74, 6) is 0. The van der Waals surface area contributed by atoms with Crippen LogP contribution in [0.4, 0.5) is 5.69 Å². The Balaban J connectivity index is 2.82. The van der Waals surface area contributed by atoms with Crippen LogP contribution in [0, 0.1) is 0 Å². The summed E-state index contributed by atoms with van der Waals surface area (Å²) in [4.78, 5) is 0. The second-order valence-electron chi connectivity index (χ2n) is 2.05. The van der Waals surface area contributed by atoms with Crippen molar-refractivity contribution in [2.45, 2.75) is 0 Å². The fraction of sp³-hybridized carbons (Fsp3) is 0. The lowest BCUT2D eigenvalue weighted by Gasteiger charge is -2.03. The van der Waals surface area contributed by atoms with Crippen LogP contribution in [0.25, 0.3) is 0 Å². The standard InChI is InChI=1S/C8H8ClNOS/c1-2-12(11)10-8-6-4-3-5-7(8)9/h2-6,10H,1H2. The molecule has 0 aliphatic heterocycles. The first kappa shape index (κ1) is 9.29. The lowest BCUT2D eigenvalue weighted by Crippen LogP contribution is -1.99. The summed E-state index contributed by atoms with van der Waals surface area (Å²) in [5.41, 5.74) is 0.650. The minimum absolute atomic E-state index is 0.549. The second kappa shape index (κ2) is 4.28. The van der Waals surface area contributed by atoms with Gasteiger partial charge in [0.25, 0.3) is 0 Å². The Kier molecular flexibility index (Phi) is 3.31. The molecule has 1 rings (SSSR count). The van der Waals surface area contributed by atoms with Crippen molar-refractivity contribution in [3.8, 4) is 0 Å². The molecule has 0 aliphatic rings. The number of anilines is 1. The van der Waals surface area contributed by atoms with Crippen molar-refractivity contribution in [1.82, 2.24) is 0 Å². The van der Waals surface area contributed by atoms with Gasteiger partial charge in [-0.05, 0) is 12.1 Å². The first-order valence-electron chi connectivity index (χ1n) is 3.28. The molecule has 1 N–H and O–H groups in total. The molecule has 12 heavy (non-hydrogen) atoms. The smallest absolute Gasteiger partial charge is 0.142 e. The van der Waals surface area contributed by atoms with E-state index in [2.05, 4.69) is 11.3 Å². The van der Waals surface area contributed by atoms with E-state index in [-0.39, 0.29) is 0 Å². The van der Waals surface area contributed by atoms with Gasteiger partial charge in [0.1, 0.15) is 11.0 Å². The van der Waals surface area contributed by atoms with Gasteiger partial charge in [-0.2, -0.15) is 0 Å². The summed E-state index contributed by atoms with van der Waals surface area (Å²) in [5, 5.41) is 1.86. The zero-order valence-electron chi connectivity index (χ0n) is 6.29. The van der Waals surface area contributed by atoms with E-state index in [4.69, 9.17) is 11.6 Å². The Labute approximate surface area is 78.8 Å². The molecule has 2 nitrogen and oxygen atoms in total. The minimum Gasteiger partial charge on any atom is -0.300 e. The van der Waals surface area contributed by atoms with E-state index < -0.39 is 11.0 Å². The summed E-state index contributed by atoms with van der Waals surface area (Å²) in [6, 6.07) is 7.10. The number of hydrogen-bond donors (Lipinski definition) is 1. The number of halogens is 1. The van der Waals surface area contributed by atoms with E-state index in [1.54, 1.807) is 12.1 Å². The number of rotatable bonds is 3. The first-order chi connectivity index (χ1) is 5.74. The Bertz CT molecular complexity index is 314. The molecule has 0 radical (unpaired) electrons. The Morgan fingerprint density at radius 2 is 2.17 bits per heavy atom. The maximum absolute atomic E-state index is 11.0. The summed E-state index contributed by atoms with van der Waals surface area (Å²) >= 11 is 5.79. The summed E-state index contributed by atoms with van der Waals surface area (Å²) in [6.45, 7) is 3.38. The molecule has 0 heterocycles. The number of benzene rings is 1. The van der Waals surface area contributed by atoms with Gasteiger partial charge >= 0.3 is 0 Å². The van der Waals surface area contributed by atoms with Crippen LogP contribution in [0.15, 0.2) is 36.3 Å². The van der Waals surface area contributed by atoms with Gasteiger partial charge in [-0.25, -0.2) is 4.21 Å². The molecule has 0 bridgehead atoms. The van der Waals surface area contributed by atoms with Crippen molar-refractivity contribution in [2.75, 3.05) is 4.72 Å². The van der Waals surface area contributed by atoms with E-state index in [0.29, 0.717) is 10.7 Å². The third-order valence-corrected chi connectivity index (χ3v) is 2.29. The third kappa shape index (κ3) is 2.36. The van der Waals surface area contributed by atoms with Crippen molar-refractivity contribution in [3.05, 3.63) is 41.3 Å². The quantitative estimate of drug-likeness (QED) is 0.800. The van der Waals surface area contributed by atoms with Crippen LogP contribution in [0.2, 0.25) is 5.02 Å². The number of hydrogen-bond acceptors (Lipinski definition) is 1. The first-order valence-corrected chi connectivity index (χ1v) is 4.87. The van der Waals surface area contributed by atoms with Gasteiger partial charge in [0, 0.05) is 5.41 Å². The van der Waals surface area contributed by atoms with Crippen LogP contribution in [0.5, 0.6) is 0 Å². The van der Waals surface area contributed by atoms with Crippen LogP contribution >= 0.6 is 11.6 Å². The fourth-order valence-corrected chi connectivity index (χ4v) is 1.41. The summed E-state index contributed by atoms with van der Waals surface area (Å²) < 4.78 is 13.6. The third-order valence-electron chi connectivity index (χ3n) is 1.24. The lowest BCUT2D eigenvalue weighted by molar-refractivity contribution is 0.691. The van der Waals surface area contributed by atoms with Gasteiger partial charge in [0.05, 0.1) is 10.7 Å². The van der Waals surface area contributed by atoms with Crippen LogP contribution in [0.3, 0.4) is 0 Å². The summed E-state index contributed by atoms with van der Waals surface area (Å²) in [6.07, 6.45) is 0. The minimum atomic E-state index is -1.26. The normalized spacial score (nSPS) is 12.1. The van der Waals surface area contributed by atoms with Gasteiger partial charge in [0.15, 0.2) is 0 Å². The molecule has 64 valence electrons. The molecule has 0 spiro atoms. The molecule has 4 heteroatoms. The van der Waals surface area contributed by atoms with Crippen molar-refractivity contribution in [2.24, 2.45) is 0 Å². The highest BCUT2D eigenvalue weighted by Crippen LogP contribution is 2.20. The molecule has 0 amide bonds.